The lowest BCUT2D eigenvalue weighted by Crippen LogP contribution is -2.24. The van der Waals surface area contributed by atoms with Crippen molar-refractivity contribution < 1.29 is 14.9 Å². The quantitative estimate of drug-likeness (QED) is 0.513. The molecule has 9 heteroatoms. The molecule has 8 nitrogen and oxygen atoms in total. The van der Waals surface area contributed by atoms with Crippen LogP contribution in [0.4, 0.5) is 5.95 Å². The standard InChI is InChI=1S/C11H13IN4O4/c12-4-2-16(7-1-5(18)6(3-17)20-7)9-8(4)10(19)15-11(13)14-9/h2,5-7,17-18H,1,3H2,(H3,13,14,15,19)/t5-,6+,7+/m1/s1. The summed E-state index contributed by atoms with van der Waals surface area (Å²) in [7, 11) is 0. The molecule has 3 rings (SSSR count). The average molecular weight is 392 g/mol. The number of aromatic amines is 1. The molecule has 108 valence electrons. The second-order valence-corrected chi connectivity index (χ2v) is 5.81. The van der Waals surface area contributed by atoms with E-state index in [0.717, 1.165) is 3.57 Å². The summed E-state index contributed by atoms with van der Waals surface area (Å²) < 4.78 is 7.96. The normalized spacial score (nSPS) is 26.4. The topological polar surface area (TPSA) is 126 Å². The van der Waals surface area contributed by atoms with Gasteiger partial charge in [-0.05, 0) is 22.6 Å². The van der Waals surface area contributed by atoms with Crippen molar-refractivity contribution in [3.63, 3.8) is 0 Å². The Kier molecular flexibility index (Phi) is 3.44. The minimum absolute atomic E-state index is 0.0236. The Hall–Kier alpha value is -1.17. The molecule has 1 aliphatic heterocycles. The first kappa shape index (κ1) is 13.8. The number of H-pyrrole nitrogens is 1. The van der Waals surface area contributed by atoms with E-state index in [1.54, 1.807) is 10.8 Å². The van der Waals surface area contributed by atoms with Crippen LogP contribution in [0.1, 0.15) is 12.6 Å². The van der Waals surface area contributed by atoms with Crippen LogP contribution in [0.5, 0.6) is 0 Å². The van der Waals surface area contributed by atoms with Crippen molar-refractivity contribution in [2.45, 2.75) is 24.9 Å². The number of aliphatic hydroxyl groups excluding tert-OH is 2. The predicted molar refractivity (Wildman–Crippen MR) is 79.1 cm³/mol. The minimum Gasteiger partial charge on any atom is -0.394 e. The van der Waals surface area contributed by atoms with Crippen LogP contribution >= 0.6 is 22.6 Å². The fourth-order valence-electron chi connectivity index (χ4n) is 2.40. The maximum absolute atomic E-state index is 11.9. The van der Waals surface area contributed by atoms with Crippen LogP contribution in [0.25, 0.3) is 11.0 Å². The maximum Gasteiger partial charge on any atom is 0.262 e. The third kappa shape index (κ3) is 2.10. The number of aliphatic hydroxyl groups is 2. The lowest BCUT2D eigenvalue weighted by molar-refractivity contribution is -0.0430. The molecule has 1 aliphatic rings. The molecule has 2 aromatic rings. The summed E-state index contributed by atoms with van der Waals surface area (Å²) >= 11 is 2.03. The molecular weight excluding hydrogens is 379 g/mol. The zero-order valence-electron chi connectivity index (χ0n) is 10.3. The Bertz CT molecular complexity index is 712. The van der Waals surface area contributed by atoms with Crippen molar-refractivity contribution in [1.29, 1.82) is 0 Å². The van der Waals surface area contributed by atoms with Gasteiger partial charge in [0.1, 0.15) is 12.3 Å². The van der Waals surface area contributed by atoms with Crippen molar-refractivity contribution >= 4 is 39.6 Å². The summed E-state index contributed by atoms with van der Waals surface area (Å²) in [5, 5.41) is 19.4. The first-order valence-corrected chi connectivity index (χ1v) is 7.09. The molecular formula is C11H13IN4O4. The Morgan fingerprint density at radius 1 is 1.65 bits per heavy atom. The summed E-state index contributed by atoms with van der Waals surface area (Å²) in [5.74, 6) is 0.0236. The van der Waals surface area contributed by atoms with E-state index in [1.807, 2.05) is 22.6 Å². The maximum atomic E-state index is 11.9. The molecule has 3 atom stereocenters. The summed E-state index contributed by atoms with van der Waals surface area (Å²) in [6.45, 7) is -0.260. The number of nitrogen functional groups attached to an aromatic ring is 1. The van der Waals surface area contributed by atoms with E-state index in [9.17, 15) is 9.90 Å². The van der Waals surface area contributed by atoms with Gasteiger partial charge in [0.05, 0.1) is 18.1 Å². The molecule has 0 amide bonds. The average Bonchev–Trinajstić information content (AvgIpc) is 2.90. The first-order chi connectivity index (χ1) is 9.51. The van der Waals surface area contributed by atoms with E-state index in [-0.39, 0.29) is 18.1 Å². The molecule has 1 saturated heterocycles. The van der Waals surface area contributed by atoms with Gasteiger partial charge in [0, 0.05) is 16.2 Å². The van der Waals surface area contributed by atoms with Gasteiger partial charge in [-0.25, -0.2) is 0 Å². The smallest absolute Gasteiger partial charge is 0.262 e. The molecule has 0 aromatic carbocycles. The van der Waals surface area contributed by atoms with Crippen molar-refractivity contribution in [3.8, 4) is 0 Å². The van der Waals surface area contributed by atoms with Crippen LogP contribution in [0.15, 0.2) is 11.0 Å². The van der Waals surface area contributed by atoms with E-state index < -0.39 is 18.4 Å². The molecule has 20 heavy (non-hydrogen) atoms. The number of hydrogen-bond donors (Lipinski definition) is 4. The molecule has 1 fully saturated rings. The Balaban J connectivity index is 2.11. The number of nitrogens with two attached hydrogens (primary N) is 1. The van der Waals surface area contributed by atoms with Gasteiger partial charge in [-0.1, -0.05) is 0 Å². The molecule has 0 unspecified atom stereocenters. The van der Waals surface area contributed by atoms with Crippen LogP contribution in [0.3, 0.4) is 0 Å². The Morgan fingerprint density at radius 3 is 3.05 bits per heavy atom. The number of halogens is 1. The van der Waals surface area contributed by atoms with Gasteiger partial charge in [-0.3, -0.25) is 9.78 Å². The van der Waals surface area contributed by atoms with Crippen LogP contribution < -0.4 is 11.3 Å². The fourth-order valence-corrected chi connectivity index (χ4v) is 3.18. The molecule has 5 N–H and O–H groups in total. The zero-order chi connectivity index (χ0) is 14.4. The summed E-state index contributed by atoms with van der Waals surface area (Å²) in [6, 6.07) is 0. The first-order valence-electron chi connectivity index (χ1n) is 6.01. The summed E-state index contributed by atoms with van der Waals surface area (Å²) in [4.78, 5) is 18.5. The lowest BCUT2D eigenvalue weighted by Gasteiger charge is -2.14. The zero-order valence-corrected chi connectivity index (χ0v) is 12.4. The van der Waals surface area contributed by atoms with Gasteiger partial charge in [0.25, 0.3) is 5.56 Å². The highest BCUT2D eigenvalue weighted by molar-refractivity contribution is 14.1. The monoisotopic (exact) mass is 392 g/mol. The van der Waals surface area contributed by atoms with Crippen molar-refractivity contribution in [3.05, 3.63) is 20.1 Å². The number of nitrogens with zero attached hydrogens (tertiary/aromatic N) is 2. The fraction of sp³-hybridized carbons (Fsp3) is 0.455. The van der Waals surface area contributed by atoms with Gasteiger partial charge >= 0.3 is 0 Å². The molecule has 0 aliphatic carbocycles. The van der Waals surface area contributed by atoms with Crippen LogP contribution in [-0.2, 0) is 4.74 Å². The Morgan fingerprint density at radius 2 is 2.40 bits per heavy atom. The SMILES string of the molecule is Nc1nc2c(c(I)cn2[C@@H]2C[C@@H](O)[C@H](CO)O2)c(=O)[nH]1. The number of rotatable bonds is 2. The second kappa shape index (κ2) is 4.98. The minimum atomic E-state index is -0.751. The number of aromatic nitrogens is 3. The second-order valence-electron chi connectivity index (χ2n) is 4.65. The van der Waals surface area contributed by atoms with E-state index >= 15 is 0 Å². The van der Waals surface area contributed by atoms with E-state index in [0.29, 0.717) is 17.5 Å². The highest BCUT2D eigenvalue weighted by Crippen LogP contribution is 2.32. The largest absolute Gasteiger partial charge is 0.394 e. The number of anilines is 1. The van der Waals surface area contributed by atoms with Gasteiger partial charge in [-0.15, -0.1) is 0 Å². The molecule has 0 spiro atoms. The predicted octanol–water partition coefficient (Wildman–Crippen LogP) is -0.448. The molecule has 0 saturated carbocycles. The lowest BCUT2D eigenvalue weighted by atomic mass is 10.2. The molecule has 0 radical (unpaired) electrons. The number of hydrogen-bond acceptors (Lipinski definition) is 6. The van der Waals surface area contributed by atoms with E-state index in [4.69, 9.17) is 15.6 Å². The van der Waals surface area contributed by atoms with Crippen LogP contribution in [0, 0.1) is 3.57 Å². The highest BCUT2D eigenvalue weighted by Gasteiger charge is 2.35. The third-order valence-corrected chi connectivity index (χ3v) is 4.17. The molecule has 2 aromatic heterocycles. The number of nitrogens with one attached hydrogen (secondary N) is 1. The van der Waals surface area contributed by atoms with E-state index in [1.165, 1.54) is 0 Å². The van der Waals surface area contributed by atoms with Crippen molar-refractivity contribution in [2.75, 3.05) is 12.3 Å². The van der Waals surface area contributed by atoms with Gasteiger partial charge in [0.15, 0.2) is 5.65 Å². The number of ether oxygens (including phenoxy) is 1. The van der Waals surface area contributed by atoms with Gasteiger partial charge < -0.3 is 25.3 Å². The number of fused-ring (bicyclic) bond motifs is 1. The van der Waals surface area contributed by atoms with Crippen LogP contribution in [-0.4, -0.2) is 43.6 Å². The van der Waals surface area contributed by atoms with E-state index in [2.05, 4.69) is 9.97 Å². The van der Waals surface area contributed by atoms with Crippen molar-refractivity contribution in [2.24, 2.45) is 0 Å². The van der Waals surface area contributed by atoms with Gasteiger partial charge in [0.2, 0.25) is 5.95 Å². The van der Waals surface area contributed by atoms with Crippen molar-refractivity contribution in [1.82, 2.24) is 14.5 Å². The van der Waals surface area contributed by atoms with Crippen LogP contribution in [0.2, 0.25) is 0 Å². The molecule has 0 bridgehead atoms. The molecule has 3 heterocycles. The highest BCUT2D eigenvalue weighted by atomic mass is 127. The summed E-state index contributed by atoms with van der Waals surface area (Å²) in [5.41, 5.74) is 5.67. The summed E-state index contributed by atoms with van der Waals surface area (Å²) in [6.07, 6.45) is 0.180. The Labute approximate surface area is 126 Å². The van der Waals surface area contributed by atoms with Gasteiger partial charge in [-0.2, -0.15) is 4.98 Å². The third-order valence-electron chi connectivity index (χ3n) is 3.35.